The minimum atomic E-state index is -0.782. The Bertz CT molecular complexity index is 2350. The van der Waals surface area contributed by atoms with Gasteiger partial charge in [-0.3, -0.25) is 4.79 Å². The van der Waals surface area contributed by atoms with Crippen molar-refractivity contribution in [3.8, 4) is 0 Å². The minimum Gasteiger partial charge on any atom is -1.00 e. The molecule has 3 radical (unpaired) electrons. The molecule has 3 aromatic rings. The van der Waals surface area contributed by atoms with Crippen LogP contribution < -0.4 is 18.9 Å². The van der Waals surface area contributed by atoms with E-state index in [2.05, 4.69) is 115 Å². The quantitative estimate of drug-likeness (QED) is 0.115. The summed E-state index contributed by atoms with van der Waals surface area (Å²) in [7, 11) is 0. The van der Waals surface area contributed by atoms with Crippen LogP contribution in [0.1, 0.15) is 172 Å². The molecule has 70 heavy (non-hydrogen) atoms. The Kier molecular flexibility index (Phi) is 23.2. The summed E-state index contributed by atoms with van der Waals surface area (Å²) in [6, 6.07) is 20.4. The molecule has 375 valence electrons. The number of hydrogen-bond donors (Lipinski definition) is 2. The molecule has 0 spiro atoms. The number of aliphatic carboxylic acids is 1. The van der Waals surface area contributed by atoms with Crippen molar-refractivity contribution < 1.29 is 54.3 Å². The Morgan fingerprint density at radius 1 is 0.600 bits per heavy atom. The van der Waals surface area contributed by atoms with Crippen molar-refractivity contribution in [3.63, 3.8) is 0 Å². The molecule has 0 amide bonds. The average molecular weight is 965 g/mol. The Balaban J connectivity index is 0.000000259. The summed E-state index contributed by atoms with van der Waals surface area (Å²) in [5.74, 6) is -0.782. The maximum Gasteiger partial charge on any atom is 1.00 e. The van der Waals surface area contributed by atoms with Crippen LogP contribution in [0.2, 0.25) is 0 Å². The summed E-state index contributed by atoms with van der Waals surface area (Å²) in [6.45, 7) is 25.3. The van der Waals surface area contributed by atoms with Crippen LogP contribution in [0.25, 0.3) is 16.7 Å². The zero-order valence-electron chi connectivity index (χ0n) is 45.8. The maximum absolute atomic E-state index is 11.3. The summed E-state index contributed by atoms with van der Waals surface area (Å²) in [5.41, 5.74) is 19.6. The van der Waals surface area contributed by atoms with Crippen LogP contribution in [0.4, 0.5) is 0 Å². The Morgan fingerprint density at radius 3 is 1.27 bits per heavy atom. The van der Waals surface area contributed by atoms with E-state index in [1.165, 1.54) is 103 Å². The molecule has 2 N–H and O–H groups in total. The van der Waals surface area contributed by atoms with Crippen molar-refractivity contribution in [1.29, 1.82) is 0 Å². The number of benzene rings is 3. The largest absolute Gasteiger partial charge is 1.00 e. The number of ether oxygens (including phenoxy) is 3. The zero-order chi connectivity index (χ0) is 49.1. The van der Waals surface area contributed by atoms with Crippen LogP contribution in [-0.4, -0.2) is 108 Å². The summed E-state index contributed by atoms with van der Waals surface area (Å²) < 4.78 is 18.2. The third kappa shape index (κ3) is 12.6. The Labute approximate surface area is 445 Å². The standard InChI is InChI=1S/C18H22O3.C18H24O2.C18H22O2.C6H15N.Al.Li.H/c1-3-12-5-6-14-13(9-12)10-16-15(14)7-8-21-18(16,4-2)11-17(19)20;2*1-3-13-5-6-15-14(11-13)12-17-16(15)7-10-20-18(17,4-2)8-9-19;1-4-7(5-2)6-3;;;/h5-6,9H,3-4,7-8,10-11H2,1-2H3,(H,19,20);5-6,11,19H,3-4,7-10,12H2,1-2H3;5-6,9,11H,3-4,7-8,10,12H2,1-2H3;4-6H2,1-3H3;;;/q;;;;;+1;-1. The van der Waals surface area contributed by atoms with E-state index in [9.17, 15) is 19.8 Å². The van der Waals surface area contributed by atoms with E-state index < -0.39 is 11.6 Å². The molecule has 0 aromatic heterocycles. The van der Waals surface area contributed by atoms with Gasteiger partial charge in [0.2, 0.25) is 0 Å². The molecule has 9 rings (SSSR count). The SMILES string of the molecule is CCN(CC)CC.CCc1ccc2c(c1)CC1=C2CCOC1(CC)CC(=O)O.CCc1ccc2c(c1)CC1=C2CCOC1(CC)CC=O.CCc1ccc2c(c1)CC1=C2CCOC1(CC)CCO.[Al].[H-].[Li+]. The molecule has 0 bridgehead atoms. The smallest absolute Gasteiger partial charge is 1.00 e. The van der Waals surface area contributed by atoms with Crippen LogP contribution in [0, 0.1) is 0 Å². The second-order valence-corrected chi connectivity index (χ2v) is 19.3. The van der Waals surface area contributed by atoms with Crippen LogP contribution >= 0.6 is 0 Å². The molecular formula is C60H84AlLiNO7. The van der Waals surface area contributed by atoms with E-state index in [-0.39, 0.29) is 61.9 Å². The molecule has 0 fully saturated rings. The van der Waals surface area contributed by atoms with Gasteiger partial charge >= 0.3 is 24.8 Å². The van der Waals surface area contributed by atoms with Crippen molar-refractivity contribution in [2.24, 2.45) is 0 Å². The van der Waals surface area contributed by atoms with Gasteiger partial charge in [0.05, 0.1) is 37.4 Å². The monoisotopic (exact) mass is 965 g/mol. The van der Waals surface area contributed by atoms with Crippen molar-refractivity contribution in [2.75, 3.05) is 46.1 Å². The number of aliphatic hydroxyl groups is 1. The Hall–Kier alpha value is -3.05. The van der Waals surface area contributed by atoms with Gasteiger partial charge in [-0.1, -0.05) is 117 Å². The van der Waals surface area contributed by atoms with Crippen LogP contribution in [0.5, 0.6) is 0 Å². The number of fused-ring (bicyclic) bond motifs is 6. The second kappa shape index (κ2) is 27.3. The Morgan fingerprint density at radius 2 is 0.957 bits per heavy atom. The summed E-state index contributed by atoms with van der Waals surface area (Å²) in [5, 5.41) is 18.7. The topological polar surface area (TPSA) is 106 Å². The summed E-state index contributed by atoms with van der Waals surface area (Å²) in [6.07, 6.45) is 13.7. The number of carbonyl (C=O) groups is 2. The second-order valence-electron chi connectivity index (χ2n) is 19.3. The van der Waals surface area contributed by atoms with Gasteiger partial charge in [-0.15, -0.1) is 0 Å². The molecule has 10 heteroatoms. The number of nitrogens with zero attached hydrogens (tertiary/aromatic N) is 1. The number of aliphatic hydroxyl groups excluding tert-OH is 1. The van der Waals surface area contributed by atoms with Gasteiger partial charge in [-0.05, 0) is 180 Å². The fourth-order valence-corrected chi connectivity index (χ4v) is 12.0. The first kappa shape index (κ1) is 59.5. The number of hydrogen-bond acceptors (Lipinski definition) is 7. The van der Waals surface area contributed by atoms with Crippen molar-refractivity contribution in [3.05, 3.63) is 121 Å². The fraction of sp³-hybridized carbons (Fsp3) is 0.567. The van der Waals surface area contributed by atoms with Crippen LogP contribution in [-0.2, 0) is 62.3 Å². The predicted molar refractivity (Wildman–Crippen MR) is 285 cm³/mol. The van der Waals surface area contributed by atoms with E-state index in [1.54, 1.807) is 0 Å². The molecular weight excluding hydrogens is 881 g/mol. The summed E-state index contributed by atoms with van der Waals surface area (Å²) >= 11 is 0. The molecule has 3 atom stereocenters. The minimum absolute atomic E-state index is 0. The first-order valence-corrected chi connectivity index (χ1v) is 26.4. The van der Waals surface area contributed by atoms with E-state index in [0.29, 0.717) is 19.4 Å². The predicted octanol–water partition coefficient (Wildman–Crippen LogP) is 8.91. The van der Waals surface area contributed by atoms with Crippen LogP contribution in [0.15, 0.2) is 71.3 Å². The molecule has 6 aliphatic rings. The number of rotatable bonds is 15. The number of carboxylic acid groups (broad SMARTS) is 1. The van der Waals surface area contributed by atoms with E-state index in [0.717, 1.165) is 96.5 Å². The number of carboxylic acids is 1. The van der Waals surface area contributed by atoms with E-state index in [1.807, 2.05) is 6.92 Å². The molecule has 0 saturated heterocycles. The maximum atomic E-state index is 11.3. The number of aryl methyl sites for hydroxylation is 3. The van der Waals surface area contributed by atoms with Gasteiger partial charge in [-0.25, -0.2) is 0 Å². The molecule has 3 aromatic carbocycles. The summed E-state index contributed by atoms with van der Waals surface area (Å²) in [4.78, 5) is 24.8. The third-order valence-corrected chi connectivity index (χ3v) is 16.2. The van der Waals surface area contributed by atoms with Gasteiger partial charge in [0, 0.05) is 36.8 Å². The first-order valence-electron chi connectivity index (χ1n) is 26.4. The van der Waals surface area contributed by atoms with Gasteiger partial charge in [0.25, 0.3) is 0 Å². The molecule has 0 saturated carbocycles. The average Bonchev–Trinajstić information content (AvgIpc) is 4.07. The molecule has 3 unspecified atom stereocenters. The zero-order valence-corrected chi connectivity index (χ0v) is 45.9. The van der Waals surface area contributed by atoms with Gasteiger partial charge in [0.1, 0.15) is 11.9 Å². The van der Waals surface area contributed by atoms with E-state index in [4.69, 9.17) is 14.2 Å². The molecule has 3 aliphatic carbocycles. The number of aldehydes is 1. The third-order valence-electron chi connectivity index (χ3n) is 16.2. The van der Waals surface area contributed by atoms with E-state index >= 15 is 0 Å². The van der Waals surface area contributed by atoms with Crippen molar-refractivity contribution in [2.45, 2.75) is 175 Å². The number of carbonyl (C=O) groups excluding carboxylic acids is 1. The fourth-order valence-electron chi connectivity index (χ4n) is 12.0. The van der Waals surface area contributed by atoms with Gasteiger partial charge in [0.15, 0.2) is 0 Å². The van der Waals surface area contributed by atoms with Crippen molar-refractivity contribution >= 4 is 46.3 Å². The molecule has 3 aliphatic heterocycles. The van der Waals surface area contributed by atoms with Crippen molar-refractivity contribution in [1.82, 2.24) is 4.90 Å². The molecule has 3 heterocycles. The van der Waals surface area contributed by atoms with Gasteiger partial charge < -0.3 is 35.5 Å². The first-order chi connectivity index (χ1) is 32.9. The van der Waals surface area contributed by atoms with Gasteiger partial charge in [-0.2, -0.15) is 0 Å². The normalized spacial score (nSPS) is 22.3. The van der Waals surface area contributed by atoms with Crippen LogP contribution in [0.3, 0.4) is 0 Å². The molecule has 8 nitrogen and oxygen atoms in total.